The Labute approximate surface area is 185 Å². The minimum Gasteiger partial charge on any atom is -0.456 e. The molecule has 0 saturated heterocycles. The molecule has 32 heavy (non-hydrogen) atoms. The molecule has 7 rings (SSSR count). The summed E-state index contributed by atoms with van der Waals surface area (Å²) in [5.74, 6) is 2.50. The molecule has 0 N–H and O–H groups in total. The molecule has 0 radical (unpaired) electrons. The molecule has 1 atom stereocenters. The Morgan fingerprint density at radius 2 is 1.19 bits per heavy atom. The maximum atomic E-state index is 15.0. The van der Waals surface area contributed by atoms with Crippen LogP contribution in [0.25, 0.3) is 21.9 Å². The fourth-order valence-electron chi connectivity index (χ4n) is 4.92. The Bertz CT molecular complexity index is 1600. The monoisotopic (exact) mass is 432 g/mol. The van der Waals surface area contributed by atoms with Crippen molar-refractivity contribution in [2.45, 2.75) is 0 Å². The average molecular weight is 432 g/mol. The Hall–Kier alpha value is -3.81. The average Bonchev–Trinajstić information content (AvgIpc) is 2.84. The smallest absolute Gasteiger partial charge is 0.185 e. The summed E-state index contributed by atoms with van der Waals surface area (Å²) >= 11 is 0. The van der Waals surface area contributed by atoms with E-state index in [4.69, 9.17) is 9.47 Å². The molecule has 4 heteroatoms. The molecule has 0 aliphatic carbocycles. The van der Waals surface area contributed by atoms with Crippen LogP contribution in [0.1, 0.15) is 0 Å². The topological polar surface area (TPSA) is 35.5 Å². The molecule has 0 spiro atoms. The number of rotatable bonds is 1. The summed E-state index contributed by atoms with van der Waals surface area (Å²) < 4.78 is 27.7. The quantitative estimate of drug-likeness (QED) is 0.283. The van der Waals surface area contributed by atoms with Gasteiger partial charge in [0.15, 0.2) is 7.14 Å². The number of fused-ring (bicyclic) bond motifs is 5. The van der Waals surface area contributed by atoms with Crippen LogP contribution in [-0.2, 0) is 4.57 Å². The van der Waals surface area contributed by atoms with Crippen LogP contribution in [0.5, 0.6) is 23.0 Å². The van der Waals surface area contributed by atoms with Gasteiger partial charge in [-0.1, -0.05) is 66.7 Å². The third-order valence-corrected chi connectivity index (χ3v) is 9.48. The number of ether oxygens (including phenoxy) is 2. The van der Waals surface area contributed by atoms with Gasteiger partial charge < -0.3 is 14.0 Å². The predicted octanol–water partition coefficient (Wildman–Crippen LogP) is 6.36. The number of hydrogen-bond acceptors (Lipinski definition) is 3. The SMILES string of the molecule is O=P12c3ccccc3Oc3ccc(-c4cccc5ccccc45)c(c31)Oc1ccccc12. The highest BCUT2D eigenvalue weighted by atomic mass is 31.2. The van der Waals surface area contributed by atoms with Crippen LogP contribution in [0, 0.1) is 0 Å². The van der Waals surface area contributed by atoms with E-state index >= 15 is 4.57 Å². The zero-order chi connectivity index (χ0) is 21.3. The minimum atomic E-state index is -3.17. The van der Waals surface area contributed by atoms with Gasteiger partial charge in [-0.2, -0.15) is 0 Å². The van der Waals surface area contributed by atoms with Crippen molar-refractivity contribution in [3.8, 4) is 34.1 Å². The van der Waals surface area contributed by atoms with Crippen molar-refractivity contribution in [3.05, 3.63) is 103 Å². The van der Waals surface area contributed by atoms with Gasteiger partial charge in [0.2, 0.25) is 0 Å². The lowest BCUT2D eigenvalue weighted by Gasteiger charge is -2.35. The highest BCUT2D eigenvalue weighted by Crippen LogP contribution is 2.59. The lowest BCUT2D eigenvalue weighted by Crippen LogP contribution is -2.35. The molecule has 2 heterocycles. The molecule has 1 unspecified atom stereocenters. The van der Waals surface area contributed by atoms with Gasteiger partial charge >= 0.3 is 0 Å². The molecule has 0 amide bonds. The van der Waals surface area contributed by atoms with Crippen LogP contribution in [0.2, 0.25) is 0 Å². The van der Waals surface area contributed by atoms with Gasteiger partial charge in [0.1, 0.15) is 28.3 Å². The van der Waals surface area contributed by atoms with Crippen molar-refractivity contribution >= 4 is 33.8 Å². The van der Waals surface area contributed by atoms with Crippen molar-refractivity contribution in [2.24, 2.45) is 0 Å². The van der Waals surface area contributed by atoms with E-state index in [2.05, 4.69) is 24.3 Å². The normalized spacial score (nSPS) is 17.5. The van der Waals surface area contributed by atoms with Crippen LogP contribution >= 0.6 is 7.14 Å². The summed E-state index contributed by atoms with van der Waals surface area (Å²) in [6, 6.07) is 33.7. The van der Waals surface area contributed by atoms with E-state index in [0.717, 1.165) is 32.5 Å². The largest absolute Gasteiger partial charge is 0.456 e. The first-order valence-corrected chi connectivity index (χ1v) is 12.3. The van der Waals surface area contributed by atoms with Crippen LogP contribution in [0.15, 0.2) is 103 Å². The summed E-state index contributed by atoms with van der Waals surface area (Å²) in [6.07, 6.45) is 0. The van der Waals surface area contributed by atoms with Crippen molar-refractivity contribution in [1.82, 2.24) is 0 Å². The van der Waals surface area contributed by atoms with E-state index in [-0.39, 0.29) is 0 Å². The Morgan fingerprint density at radius 3 is 2.00 bits per heavy atom. The lowest BCUT2D eigenvalue weighted by molar-refractivity contribution is 0.463. The van der Waals surface area contributed by atoms with E-state index in [1.54, 1.807) is 0 Å². The summed E-state index contributed by atoms with van der Waals surface area (Å²) in [5, 5.41) is 4.37. The maximum Gasteiger partial charge on any atom is 0.185 e. The van der Waals surface area contributed by atoms with Gasteiger partial charge in [0.05, 0.1) is 10.6 Å². The molecule has 5 aromatic carbocycles. The first-order chi connectivity index (χ1) is 15.7. The summed E-state index contributed by atoms with van der Waals surface area (Å²) in [4.78, 5) is 0. The second kappa shape index (κ2) is 6.35. The van der Waals surface area contributed by atoms with Gasteiger partial charge in [-0.15, -0.1) is 0 Å². The molecule has 2 aliphatic rings. The zero-order valence-corrected chi connectivity index (χ0v) is 17.9. The van der Waals surface area contributed by atoms with Gasteiger partial charge in [-0.3, -0.25) is 0 Å². The second-order valence-corrected chi connectivity index (χ2v) is 10.7. The van der Waals surface area contributed by atoms with E-state index in [9.17, 15) is 0 Å². The molecular formula is C28H17O3P. The number of hydrogen-bond donors (Lipinski definition) is 0. The molecule has 0 aromatic heterocycles. The third-order valence-electron chi connectivity index (χ3n) is 6.33. The molecule has 5 aromatic rings. The van der Waals surface area contributed by atoms with Crippen LogP contribution in [-0.4, -0.2) is 0 Å². The molecule has 2 aliphatic heterocycles. The summed E-state index contributed by atoms with van der Waals surface area (Å²) in [6.45, 7) is 0. The Balaban J connectivity index is 1.61. The van der Waals surface area contributed by atoms with E-state index in [1.807, 2.05) is 78.9 Å². The minimum absolute atomic E-state index is 0.598. The molecular weight excluding hydrogens is 415 g/mol. The van der Waals surface area contributed by atoms with Gasteiger partial charge in [0.25, 0.3) is 0 Å². The third kappa shape index (κ3) is 2.24. The first-order valence-electron chi connectivity index (χ1n) is 10.6. The van der Waals surface area contributed by atoms with Gasteiger partial charge in [-0.05, 0) is 52.7 Å². The van der Waals surface area contributed by atoms with E-state index in [1.165, 1.54) is 0 Å². The molecule has 152 valence electrons. The molecule has 0 fully saturated rings. The van der Waals surface area contributed by atoms with Crippen molar-refractivity contribution in [3.63, 3.8) is 0 Å². The highest BCUT2D eigenvalue weighted by molar-refractivity contribution is 7.86. The fraction of sp³-hybridized carbons (Fsp3) is 0. The van der Waals surface area contributed by atoms with Crippen LogP contribution in [0.3, 0.4) is 0 Å². The van der Waals surface area contributed by atoms with Crippen molar-refractivity contribution in [1.29, 1.82) is 0 Å². The first kappa shape index (κ1) is 17.8. The number of benzene rings is 5. The molecule has 0 bridgehead atoms. The van der Waals surface area contributed by atoms with Gasteiger partial charge in [-0.25, -0.2) is 0 Å². The van der Waals surface area contributed by atoms with E-state index < -0.39 is 7.14 Å². The fourth-order valence-corrected chi connectivity index (χ4v) is 7.99. The zero-order valence-electron chi connectivity index (χ0n) is 17.0. The van der Waals surface area contributed by atoms with Gasteiger partial charge in [0, 0.05) is 5.56 Å². The van der Waals surface area contributed by atoms with Crippen LogP contribution < -0.4 is 25.4 Å². The molecule has 0 saturated carbocycles. The van der Waals surface area contributed by atoms with Crippen molar-refractivity contribution < 1.29 is 14.0 Å². The Morgan fingerprint density at radius 1 is 0.531 bits per heavy atom. The second-order valence-electron chi connectivity index (χ2n) is 8.06. The molecule has 3 nitrogen and oxygen atoms in total. The van der Waals surface area contributed by atoms with Crippen molar-refractivity contribution in [2.75, 3.05) is 0 Å². The Kier molecular flexibility index (Phi) is 3.54. The van der Waals surface area contributed by atoms with Crippen LogP contribution in [0.4, 0.5) is 0 Å². The lowest BCUT2D eigenvalue weighted by atomic mass is 9.97. The number of para-hydroxylation sites is 2. The highest BCUT2D eigenvalue weighted by Gasteiger charge is 2.47. The standard InChI is InChI=1S/C28H17O3P/c29-32-25-14-5-3-12-22(25)30-24-17-16-21(20-11-7-9-18-8-1-2-10-19(18)20)27(28(24)32)31-23-13-4-6-15-26(23)32/h1-17H. The summed E-state index contributed by atoms with van der Waals surface area (Å²) in [5.41, 5.74) is 1.96. The van der Waals surface area contributed by atoms with E-state index in [0.29, 0.717) is 28.3 Å². The predicted molar refractivity (Wildman–Crippen MR) is 129 cm³/mol. The summed E-state index contributed by atoms with van der Waals surface area (Å²) in [7, 11) is -3.17. The maximum absolute atomic E-state index is 15.0.